The minimum atomic E-state index is -0.627. The lowest BCUT2D eigenvalue weighted by molar-refractivity contribution is -0.138. The lowest BCUT2D eigenvalue weighted by Gasteiger charge is -2.23. The van der Waals surface area contributed by atoms with Crippen LogP contribution in [0.2, 0.25) is 0 Å². The fraction of sp³-hybridized carbons (Fsp3) is 0.130. The summed E-state index contributed by atoms with van der Waals surface area (Å²) in [5, 5.41) is 9.22. The van der Waals surface area contributed by atoms with E-state index < -0.39 is 17.8 Å². The van der Waals surface area contributed by atoms with Crippen molar-refractivity contribution in [1.29, 1.82) is 5.26 Å². The highest BCUT2D eigenvalue weighted by molar-refractivity contribution is 6.19. The van der Waals surface area contributed by atoms with E-state index in [2.05, 4.69) is 5.92 Å². The topological polar surface area (TPSA) is 101 Å². The predicted molar refractivity (Wildman–Crippen MR) is 107 cm³/mol. The van der Waals surface area contributed by atoms with Crippen LogP contribution in [0.1, 0.15) is 23.0 Å². The molecular weight excluding hydrogens is 384 g/mol. The summed E-state index contributed by atoms with van der Waals surface area (Å²) in [4.78, 5) is 37.2. The van der Waals surface area contributed by atoms with Crippen LogP contribution in [0.15, 0.2) is 57.5 Å². The summed E-state index contributed by atoms with van der Waals surface area (Å²) in [5.41, 5.74) is 1.50. The van der Waals surface area contributed by atoms with Crippen LogP contribution in [0.5, 0.6) is 0 Å². The van der Waals surface area contributed by atoms with Crippen molar-refractivity contribution in [2.75, 3.05) is 13.7 Å². The molecule has 2 amide bonds. The Bertz CT molecular complexity index is 1180. The van der Waals surface area contributed by atoms with Crippen molar-refractivity contribution in [2.24, 2.45) is 0 Å². The van der Waals surface area contributed by atoms with Gasteiger partial charge in [0, 0.05) is 18.2 Å². The lowest BCUT2D eigenvalue weighted by Crippen LogP contribution is -2.39. The van der Waals surface area contributed by atoms with Crippen LogP contribution in [-0.4, -0.2) is 36.3 Å². The molecule has 0 N–H and O–H groups in total. The average molecular weight is 400 g/mol. The molecule has 7 nitrogen and oxygen atoms in total. The molecule has 0 unspecified atom stereocenters. The monoisotopic (exact) mass is 400 g/mol. The molecule has 3 rings (SSSR count). The number of carbonyl (C=O) groups is 3. The van der Waals surface area contributed by atoms with E-state index in [9.17, 15) is 19.6 Å². The average Bonchev–Trinajstić information content (AvgIpc) is 3.23. The van der Waals surface area contributed by atoms with Crippen molar-refractivity contribution in [3.63, 3.8) is 0 Å². The van der Waals surface area contributed by atoms with E-state index in [1.807, 2.05) is 6.07 Å². The maximum atomic E-state index is 12.5. The molecule has 0 fully saturated rings. The maximum absolute atomic E-state index is 12.5. The molecule has 1 aromatic heterocycles. The van der Waals surface area contributed by atoms with Gasteiger partial charge in [-0.3, -0.25) is 14.5 Å². The van der Waals surface area contributed by atoms with Gasteiger partial charge in [-0.2, -0.15) is 5.26 Å². The first-order valence-electron chi connectivity index (χ1n) is 8.83. The third-order valence-corrected chi connectivity index (χ3v) is 4.55. The van der Waals surface area contributed by atoms with E-state index >= 15 is 0 Å². The summed E-state index contributed by atoms with van der Waals surface area (Å²) >= 11 is 0. The summed E-state index contributed by atoms with van der Waals surface area (Å²) in [6, 6.07) is 11.8. The maximum Gasteiger partial charge on any atom is 0.339 e. The Morgan fingerprint density at radius 3 is 2.53 bits per heavy atom. The van der Waals surface area contributed by atoms with Gasteiger partial charge in [0.2, 0.25) is 0 Å². The van der Waals surface area contributed by atoms with Gasteiger partial charge in [-0.25, -0.2) is 4.79 Å². The molecule has 7 heteroatoms. The Balaban J connectivity index is 1.88. The third-order valence-electron chi connectivity index (χ3n) is 4.55. The number of imide groups is 1. The molecule has 1 aliphatic rings. The van der Waals surface area contributed by atoms with E-state index in [4.69, 9.17) is 15.6 Å². The van der Waals surface area contributed by atoms with E-state index in [0.29, 0.717) is 28.2 Å². The first kappa shape index (κ1) is 20.4. The number of ether oxygens (including phenoxy) is 1. The Hall–Kier alpha value is -4.36. The number of hydrogen-bond acceptors (Lipinski definition) is 6. The molecular formula is C23H16N2O5. The second kappa shape index (κ2) is 8.34. The third kappa shape index (κ3) is 3.78. The number of hydrogen-bond donors (Lipinski definition) is 0. The van der Waals surface area contributed by atoms with Crippen molar-refractivity contribution in [1.82, 2.24) is 4.90 Å². The highest BCUT2D eigenvalue weighted by Crippen LogP contribution is 2.28. The first-order valence-corrected chi connectivity index (χ1v) is 8.83. The van der Waals surface area contributed by atoms with Gasteiger partial charge < -0.3 is 9.15 Å². The molecule has 1 aromatic carbocycles. The van der Waals surface area contributed by atoms with Crippen molar-refractivity contribution < 1.29 is 23.5 Å². The predicted octanol–water partition coefficient (Wildman–Crippen LogP) is 2.96. The highest BCUT2D eigenvalue weighted by atomic mass is 16.5. The number of esters is 1. The SMILES string of the molecule is C#CCOC(=O)c1ccc(-c2ccc(/C=C3/C(=O)N(C)C(=O)C(C#N)=C3C)o2)cc1. The summed E-state index contributed by atoms with van der Waals surface area (Å²) in [6.45, 7) is 1.45. The molecule has 2 heterocycles. The quantitative estimate of drug-likeness (QED) is 0.339. The molecule has 0 saturated carbocycles. The Morgan fingerprint density at radius 2 is 1.90 bits per heavy atom. The zero-order valence-electron chi connectivity index (χ0n) is 16.3. The molecule has 148 valence electrons. The molecule has 0 bridgehead atoms. The number of likely N-dealkylation sites (N-methyl/N-ethyl adjacent to an activating group) is 1. The van der Waals surface area contributed by atoms with Gasteiger partial charge in [0.05, 0.1) is 5.56 Å². The number of benzene rings is 1. The van der Waals surface area contributed by atoms with Gasteiger partial charge in [-0.15, -0.1) is 6.42 Å². The van der Waals surface area contributed by atoms with E-state index in [1.165, 1.54) is 13.1 Å². The Labute approximate surface area is 172 Å². The smallest absolute Gasteiger partial charge is 0.339 e. The van der Waals surface area contributed by atoms with Gasteiger partial charge in [-0.1, -0.05) is 18.1 Å². The van der Waals surface area contributed by atoms with Crippen LogP contribution in [0.25, 0.3) is 17.4 Å². The van der Waals surface area contributed by atoms with Crippen molar-refractivity contribution >= 4 is 23.9 Å². The minimum absolute atomic E-state index is 0.0811. The minimum Gasteiger partial charge on any atom is -0.457 e. The molecule has 0 saturated heterocycles. The van der Waals surface area contributed by atoms with E-state index in [-0.39, 0.29) is 17.8 Å². The second-order valence-corrected chi connectivity index (χ2v) is 6.40. The zero-order chi connectivity index (χ0) is 21.8. The Kier molecular flexibility index (Phi) is 5.66. The fourth-order valence-electron chi connectivity index (χ4n) is 2.89. The van der Waals surface area contributed by atoms with Crippen LogP contribution < -0.4 is 0 Å². The van der Waals surface area contributed by atoms with Crippen molar-refractivity contribution in [2.45, 2.75) is 6.92 Å². The lowest BCUT2D eigenvalue weighted by atomic mass is 9.95. The largest absolute Gasteiger partial charge is 0.457 e. The number of terminal acetylenes is 1. The van der Waals surface area contributed by atoms with Crippen LogP contribution in [0.4, 0.5) is 0 Å². The summed E-state index contributed by atoms with van der Waals surface area (Å²) in [6.07, 6.45) is 6.56. The van der Waals surface area contributed by atoms with E-state index in [0.717, 1.165) is 4.90 Å². The van der Waals surface area contributed by atoms with E-state index in [1.54, 1.807) is 43.3 Å². The number of carbonyl (C=O) groups excluding carboxylic acids is 3. The molecule has 0 aliphatic carbocycles. The molecule has 0 atom stereocenters. The number of amides is 2. The van der Waals surface area contributed by atoms with Crippen LogP contribution in [0, 0.1) is 23.7 Å². The number of nitrogens with zero attached hydrogens (tertiary/aromatic N) is 2. The molecule has 30 heavy (non-hydrogen) atoms. The summed E-state index contributed by atoms with van der Waals surface area (Å²) < 4.78 is 10.7. The van der Waals surface area contributed by atoms with Gasteiger partial charge in [0.1, 0.15) is 23.2 Å². The summed E-state index contributed by atoms with van der Waals surface area (Å²) in [7, 11) is 1.33. The number of nitriles is 1. The molecule has 0 radical (unpaired) electrons. The number of rotatable bonds is 4. The second-order valence-electron chi connectivity index (χ2n) is 6.40. The molecule has 2 aromatic rings. The highest BCUT2D eigenvalue weighted by Gasteiger charge is 2.33. The standard InChI is InChI=1S/C23H16N2O5/c1-4-11-29-23(28)16-7-5-15(6-8-16)20-10-9-17(30-20)12-18-14(2)19(13-24)22(27)25(3)21(18)26/h1,5-10,12H,11H2,2-3H3/b18-12+. The van der Waals surface area contributed by atoms with Crippen LogP contribution >= 0.6 is 0 Å². The first-order chi connectivity index (χ1) is 14.4. The van der Waals surface area contributed by atoms with Gasteiger partial charge in [0.25, 0.3) is 11.8 Å². The molecule has 1 aliphatic heterocycles. The zero-order valence-corrected chi connectivity index (χ0v) is 16.3. The van der Waals surface area contributed by atoms with Crippen molar-refractivity contribution in [3.8, 4) is 29.7 Å². The summed E-state index contributed by atoms with van der Waals surface area (Å²) in [5.74, 6) is 1.47. The fourth-order valence-corrected chi connectivity index (χ4v) is 2.89. The molecule has 0 spiro atoms. The van der Waals surface area contributed by atoms with Gasteiger partial charge in [0.15, 0.2) is 6.61 Å². The Morgan fingerprint density at radius 1 is 1.20 bits per heavy atom. The number of furan rings is 1. The van der Waals surface area contributed by atoms with Crippen LogP contribution in [0.3, 0.4) is 0 Å². The van der Waals surface area contributed by atoms with Crippen LogP contribution in [-0.2, 0) is 14.3 Å². The van der Waals surface area contributed by atoms with Gasteiger partial charge >= 0.3 is 5.97 Å². The van der Waals surface area contributed by atoms with Gasteiger partial charge in [-0.05, 0) is 42.8 Å². The van der Waals surface area contributed by atoms with Crippen molar-refractivity contribution in [3.05, 3.63) is 64.4 Å². The normalized spacial score (nSPS) is 15.2.